The molecular weight excluding hydrogens is 232 g/mol. The van der Waals surface area contributed by atoms with E-state index in [-0.39, 0.29) is 0 Å². The highest BCUT2D eigenvalue weighted by atomic mass is 32.2. The lowest BCUT2D eigenvalue weighted by atomic mass is 10.1. The Hall–Kier alpha value is -1.03. The van der Waals surface area contributed by atoms with Gasteiger partial charge in [-0.3, -0.25) is 4.79 Å². The average molecular weight is 250 g/mol. The summed E-state index contributed by atoms with van der Waals surface area (Å²) in [5, 5.41) is 0. The quantitative estimate of drug-likeness (QED) is 0.755. The zero-order valence-electron chi connectivity index (χ0n) is 10.3. The maximum atomic E-state index is 10.6. The Morgan fingerprint density at radius 2 is 2.24 bits per heavy atom. The summed E-state index contributed by atoms with van der Waals surface area (Å²) in [5.74, 6) is 2.11. The summed E-state index contributed by atoms with van der Waals surface area (Å²) in [6, 6.07) is 3.77. The first-order valence-corrected chi connectivity index (χ1v) is 6.89. The maximum absolute atomic E-state index is 10.6. The third kappa shape index (κ3) is 3.22. The lowest BCUT2D eigenvalue weighted by Crippen LogP contribution is -2.27. The van der Waals surface area contributed by atoms with Crippen molar-refractivity contribution in [2.24, 2.45) is 0 Å². The summed E-state index contributed by atoms with van der Waals surface area (Å²) in [7, 11) is 0. The van der Waals surface area contributed by atoms with Gasteiger partial charge in [-0.05, 0) is 18.6 Å². The van der Waals surface area contributed by atoms with Crippen LogP contribution in [-0.2, 0) is 0 Å². The van der Waals surface area contributed by atoms with Crippen LogP contribution in [-0.4, -0.2) is 34.9 Å². The number of aldehydes is 1. The van der Waals surface area contributed by atoms with Gasteiger partial charge in [0.2, 0.25) is 0 Å². The Balaban J connectivity index is 2.08. The van der Waals surface area contributed by atoms with Crippen molar-refractivity contribution in [2.75, 3.05) is 23.7 Å². The Bertz CT molecular complexity index is 389. The second-order valence-electron chi connectivity index (χ2n) is 4.91. The monoisotopic (exact) mass is 250 g/mol. The number of hydrogen-bond acceptors (Lipinski definition) is 4. The van der Waals surface area contributed by atoms with Crippen molar-refractivity contribution in [1.29, 1.82) is 0 Å². The topological polar surface area (TPSA) is 33.2 Å². The Morgan fingerprint density at radius 1 is 1.41 bits per heavy atom. The SMILES string of the molecule is CC1(C)CCN(c2ccc(C=O)cn2)CCS1. The van der Waals surface area contributed by atoms with Crippen molar-refractivity contribution in [3.63, 3.8) is 0 Å². The van der Waals surface area contributed by atoms with Crippen LogP contribution in [0.1, 0.15) is 30.6 Å². The first-order chi connectivity index (χ1) is 8.11. The van der Waals surface area contributed by atoms with Crippen LogP contribution in [0.2, 0.25) is 0 Å². The molecule has 0 spiro atoms. The van der Waals surface area contributed by atoms with Gasteiger partial charge in [-0.15, -0.1) is 0 Å². The molecule has 92 valence electrons. The third-order valence-electron chi connectivity index (χ3n) is 3.07. The van der Waals surface area contributed by atoms with E-state index in [1.165, 1.54) is 0 Å². The number of nitrogens with zero attached hydrogens (tertiary/aromatic N) is 2. The summed E-state index contributed by atoms with van der Waals surface area (Å²) in [6.07, 6.45) is 3.64. The van der Waals surface area contributed by atoms with Gasteiger partial charge >= 0.3 is 0 Å². The lowest BCUT2D eigenvalue weighted by molar-refractivity contribution is 0.112. The van der Waals surface area contributed by atoms with Crippen LogP contribution >= 0.6 is 11.8 Å². The van der Waals surface area contributed by atoms with Crippen molar-refractivity contribution in [3.05, 3.63) is 23.9 Å². The van der Waals surface area contributed by atoms with Crippen LogP contribution in [0.25, 0.3) is 0 Å². The molecule has 0 unspecified atom stereocenters. The first-order valence-electron chi connectivity index (χ1n) is 5.91. The van der Waals surface area contributed by atoms with Gasteiger partial charge in [0.05, 0.1) is 0 Å². The van der Waals surface area contributed by atoms with Crippen molar-refractivity contribution < 1.29 is 4.79 Å². The fourth-order valence-corrected chi connectivity index (χ4v) is 3.00. The molecule has 1 fully saturated rings. The number of carbonyl (C=O) groups is 1. The van der Waals surface area contributed by atoms with Crippen LogP contribution in [0.3, 0.4) is 0 Å². The average Bonchev–Trinajstić information content (AvgIpc) is 2.50. The molecule has 2 heterocycles. The zero-order chi connectivity index (χ0) is 12.3. The zero-order valence-corrected chi connectivity index (χ0v) is 11.2. The van der Waals surface area contributed by atoms with Crippen molar-refractivity contribution in [1.82, 2.24) is 4.98 Å². The Labute approximate surface area is 107 Å². The van der Waals surface area contributed by atoms with Crippen molar-refractivity contribution in [3.8, 4) is 0 Å². The van der Waals surface area contributed by atoms with Gasteiger partial charge in [-0.1, -0.05) is 13.8 Å². The van der Waals surface area contributed by atoms with E-state index in [0.29, 0.717) is 10.3 Å². The highest BCUT2D eigenvalue weighted by Gasteiger charge is 2.23. The van der Waals surface area contributed by atoms with Crippen molar-refractivity contribution in [2.45, 2.75) is 25.0 Å². The van der Waals surface area contributed by atoms with Gasteiger partial charge in [0, 0.05) is 35.3 Å². The van der Waals surface area contributed by atoms with E-state index in [0.717, 1.165) is 37.4 Å². The van der Waals surface area contributed by atoms with Gasteiger partial charge in [0.15, 0.2) is 6.29 Å². The number of pyridine rings is 1. The molecule has 3 nitrogen and oxygen atoms in total. The Kier molecular flexibility index (Phi) is 3.72. The molecule has 0 radical (unpaired) electrons. The lowest BCUT2D eigenvalue weighted by Gasteiger charge is -2.23. The molecule has 0 aliphatic carbocycles. The molecule has 4 heteroatoms. The van der Waals surface area contributed by atoms with Crippen LogP contribution in [0.4, 0.5) is 5.82 Å². The largest absolute Gasteiger partial charge is 0.356 e. The molecule has 1 aliphatic rings. The molecule has 0 N–H and O–H groups in total. The van der Waals surface area contributed by atoms with Gasteiger partial charge in [0.25, 0.3) is 0 Å². The van der Waals surface area contributed by atoms with Gasteiger partial charge in [0.1, 0.15) is 5.82 Å². The number of anilines is 1. The van der Waals surface area contributed by atoms with E-state index in [1.54, 1.807) is 6.20 Å². The summed E-state index contributed by atoms with van der Waals surface area (Å²) in [5.41, 5.74) is 0.637. The van der Waals surface area contributed by atoms with E-state index in [1.807, 2.05) is 23.9 Å². The molecule has 0 atom stereocenters. The minimum atomic E-state index is 0.359. The van der Waals surface area contributed by atoms with E-state index in [4.69, 9.17) is 0 Å². The van der Waals surface area contributed by atoms with E-state index < -0.39 is 0 Å². The number of thioether (sulfide) groups is 1. The summed E-state index contributed by atoms with van der Waals surface area (Å²) in [6.45, 7) is 6.66. The summed E-state index contributed by atoms with van der Waals surface area (Å²) in [4.78, 5) is 17.2. The Morgan fingerprint density at radius 3 is 2.88 bits per heavy atom. The van der Waals surface area contributed by atoms with Crippen LogP contribution in [0.5, 0.6) is 0 Å². The highest BCUT2D eigenvalue weighted by Crippen LogP contribution is 2.31. The van der Waals surface area contributed by atoms with E-state index in [2.05, 4.69) is 23.7 Å². The summed E-state index contributed by atoms with van der Waals surface area (Å²) < 4.78 is 0.359. The normalized spacial score (nSPS) is 19.8. The molecule has 0 amide bonds. The molecule has 0 saturated carbocycles. The number of rotatable bonds is 2. The fraction of sp³-hybridized carbons (Fsp3) is 0.538. The number of aromatic nitrogens is 1. The minimum Gasteiger partial charge on any atom is -0.356 e. The third-order valence-corrected chi connectivity index (χ3v) is 4.44. The maximum Gasteiger partial charge on any atom is 0.151 e. The van der Waals surface area contributed by atoms with Gasteiger partial charge < -0.3 is 4.90 Å². The summed E-state index contributed by atoms with van der Waals surface area (Å²) >= 11 is 2.02. The van der Waals surface area contributed by atoms with Crippen LogP contribution in [0, 0.1) is 0 Å². The van der Waals surface area contributed by atoms with Gasteiger partial charge in [-0.2, -0.15) is 11.8 Å². The van der Waals surface area contributed by atoms with Crippen LogP contribution in [0.15, 0.2) is 18.3 Å². The van der Waals surface area contributed by atoms with Gasteiger partial charge in [-0.25, -0.2) is 4.98 Å². The second kappa shape index (κ2) is 5.08. The highest BCUT2D eigenvalue weighted by molar-refractivity contribution is 8.00. The number of carbonyl (C=O) groups excluding carboxylic acids is 1. The standard InChI is InChI=1S/C13H18N2OS/c1-13(2)5-6-15(7-8-17-13)12-4-3-11(10-16)9-14-12/h3-4,9-10H,5-8H2,1-2H3. The molecule has 1 aromatic heterocycles. The van der Waals surface area contributed by atoms with E-state index in [9.17, 15) is 4.79 Å². The van der Waals surface area contributed by atoms with E-state index >= 15 is 0 Å². The molecule has 0 aromatic carbocycles. The van der Waals surface area contributed by atoms with Crippen LogP contribution < -0.4 is 4.90 Å². The molecule has 1 aliphatic heterocycles. The predicted octanol–water partition coefficient (Wildman–Crippen LogP) is 2.62. The first kappa shape index (κ1) is 12.4. The molecule has 2 rings (SSSR count). The molecule has 17 heavy (non-hydrogen) atoms. The molecular formula is C13H18N2OS. The van der Waals surface area contributed by atoms with Crippen molar-refractivity contribution >= 4 is 23.9 Å². The second-order valence-corrected chi connectivity index (χ2v) is 6.71. The molecule has 1 saturated heterocycles. The molecule has 1 aromatic rings. The smallest absolute Gasteiger partial charge is 0.151 e. The molecule has 0 bridgehead atoms. The minimum absolute atomic E-state index is 0.359. The fourth-order valence-electron chi connectivity index (χ4n) is 1.90. The predicted molar refractivity (Wildman–Crippen MR) is 73.0 cm³/mol. The number of hydrogen-bond donors (Lipinski definition) is 0.